The van der Waals surface area contributed by atoms with Crippen molar-refractivity contribution in [2.45, 2.75) is 69.4 Å². The Bertz CT molecular complexity index is 282. The van der Waals surface area contributed by atoms with Gasteiger partial charge in [-0.1, -0.05) is 39.3 Å². The summed E-state index contributed by atoms with van der Waals surface area (Å²) in [6.07, 6.45) is 0. The summed E-state index contributed by atoms with van der Waals surface area (Å²) < 4.78 is 12.8. The van der Waals surface area contributed by atoms with E-state index in [1.807, 2.05) is 14.2 Å². The third-order valence-electron chi connectivity index (χ3n) is 5.08. The Morgan fingerprint density at radius 1 is 0.526 bits per heavy atom. The van der Waals surface area contributed by atoms with Crippen molar-refractivity contribution < 1.29 is 8.85 Å². The predicted molar refractivity (Wildman–Crippen MR) is 98.4 cm³/mol. The minimum absolute atomic E-state index is 0.378. The molecule has 0 spiro atoms. The summed E-state index contributed by atoms with van der Waals surface area (Å²) >= 11 is 0. The van der Waals surface area contributed by atoms with Crippen molar-refractivity contribution in [2.24, 2.45) is 0 Å². The first-order chi connectivity index (χ1) is 8.12. The summed E-state index contributed by atoms with van der Waals surface area (Å²) in [5, 5.41) is 0. The summed E-state index contributed by atoms with van der Waals surface area (Å²) in [5.41, 5.74) is 0. The third kappa shape index (κ3) is 2.89. The second kappa shape index (κ2) is 5.53. The second-order valence-electron chi connectivity index (χ2n) is 8.68. The lowest BCUT2D eigenvalue weighted by Gasteiger charge is -2.64. The lowest BCUT2D eigenvalue weighted by molar-refractivity contribution is 0.374. The van der Waals surface area contributed by atoms with Crippen LogP contribution in [0.1, 0.15) is 0 Å². The predicted octanol–water partition coefficient (Wildman–Crippen LogP) is 4.72. The molecule has 0 aromatic carbocycles. The summed E-state index contributed by atoms with van der Waals surface area (Å²) in [7, 11) is -2.68. The molecule has 0 saturated carbocycles. The molecule has 0 heterocycles. The van der Waals surface area contributed by atoms with Gasteiger partial charge in [-0.05, 0) is 30.1 Å². The van der Waals surface area contributed by atoms with Gasteiger partial charge in [0.2, 0.25) is 0 Å². The molecule has 0 atom stereocenters. The van der Waals surface area contributed by atoms with Gasteiger partial charge in [-0.3, -0.25) is 0 Å². The molecule has 0 aliphatic rings. The minimum atomic E-state index is -1.82. The molecular weight excluding hydrogens is 300 g/mol. The normalized spacial score (nSPS) is 15.8. The van der Waals surface area contributed by atoms with E-state index in [2.05, 4.69) is 65.5 Å². The van der Waals surface area contributed by atoms with Crippen LogP contribution in [0.5, 0.6) is 0 Å². The zero-order chi connectivity index (χ0) is 15.9. The zero-order valence-electron chi connectivity index (χ0n) is 15.3. The van der Waals surface area contributed by atoms with Crippen LogP contribution in [-0.4, -0.2) is 47.0 Å². The van der Waals surface area contributed by atoms with Crippen LogP contribution >= 0.6 is 0 Å². The monoisotopic (exact) mass is 336 g/mol. The van der Waals surface area contributed by atoms with Crippen LogP contribution in [0, 0.1) is 0 Å². The van der Waals surface area contributed by atoms with Crippen molar-refractivity contribution in [3.05, 3.63) is 0 Å². The molecule has 0 rings (SSSR count). The van der Waals surface area contributed by atoms with Crippen molar-refractivity contribution in [1.82, 2.24) is 0 Å². The van der Waals surface area contributed by atoms with Crippen LogP contribution in [-0.2, 0) is 8.85 Å². The summed E-state index contributed by atoms with van der Waals surface area (Å²) in [6.45, 7) is 24.9. The van der Waals surface area contributed by atoms with Gasteiger partial charge in [0.25, 0.3) is 0 Å². The van der Waals surface area contributed by atoms with Crippen molar-refractivity contribution >= 4 is 32.8 Å². The molecule has 2 nitrogen and oxygen atoms in total. The standard InChI is InChI=1S/C13H36O2Si4/c1-14-18(9,10)13(16(3,4)5,17(6,7)8)19(11,12)15-2/h1-12H3. The maximum atomic E-state index is 6.21. The second-order valence-corrected chi connectivity index (χ2v) is 30.5. The Labute approximate surface area is 125 Å². The molecule has 0 N–H and O–H groups in total. The van der Waals surface area contributed by atoms with Gasteiger partial charge < -0.3 is 8.85 Å². The highest BCUT2D eigenvalue weighted by atomic mass is 28.5. The van der Waals surface area contributed by atoms with Gasteiger partial charge in [0.05, 0.1) is 0 Å². The van der Waals surface area contributed by atoms with E-state index in [-0.39, 0.29) is 0 Å². The fourth-order valence-electron chi connectivity index (χ4n) is 5.77. The SMILES string of the molecule is CO[Si](C)(C)C([Si](C)(C)C)([Si](C)(C)C)[Si](C)(C)OC. The number of hydrogen-bond donors (Lipinski definition) is 0. The van der Waals surface area contributed by atoms with Crippen LogP contribution in [0.25, 0.3) is 0 Å². The largest absolute Gasteiger partial charge is 0.421 e. The summed E-state index contributed by atoms with van der Waals surface area (Å²) in [4.78, 5) is 0. The molecule has 0 radical (unpaired) electrons. The van der Waals surface area contributed by atoms with Gasteiger partial charge in [-0.2, -0.15) is 0 Å². The van der Waals surface area contributed by atoms with E-state index in [1.165, 1.54) is 0 Å². The molecule has 0 bridgehead atoms. The van der Waals surface area contributed by atoms with Gasteiger partial charge in [-0.15, -0.1) is 0 Å². The third-order valence-corrected chi connectivity index (χ3v) is 39.6. The average Bonchev–Trinajstić information content (AvgIpc) is 2.12. The van der Waals surface area contributed by atoms with Crippen LogP contribution < -0.4 is 0 Å². The maximum Gasteiger partial charge on any atom is 0.186 e. The highest BCUT2D eigenvalue weighted by molar-refractivity contribution is 7.27. The van der Waals surface area contributed by atoms with Gasteiger partial charge in [0, 0.05) is 30.4 Å². The van der Waals surface area contributed by atoms with E-state index in [0.717, 1.165) is 0 Å². The number of rotatable bonds is 6. The molecule has 0 aromatic rings. The van der Waals surface area contributed by atoms with E-state index in [1.54, 1.807) is 0 Å². The Morgan fingerprint density at radius 2 is 0.737 bits per heavy atom. The topological polar surface area (TPSA) is 18.5 Å². The van der Waals surface area contributed by atoms with Crippen LogP contribution in [0.3, 0.4) is 0 Å². The molecule has 0 unspecified atom stereocenters. The van der Waals surface area contributed by atoms with Crippen molar-refractivity contribution in [3.8, 4) is 0 Å². The maximum absolute atomic E-state index is 6.21. The fraction of sp³-hybridized carbons (Fsp3) is 1.00. The molecular formula is C13H36O2Si4. The average molecular weight is 337 g/mol. The van der Waals surface area contributed by atoms with E-state index in [0.29, 0.717) is 3.91 Å². The van der Waals surface area contributed by atoms with Crippen molar-refractivity contribution in [2.75, 3.05) is 14.2 Å². The first kappa shape index (κ1) is 19.8. The highest BCUT2D eigenvalue weighted by Gasteiger charge is 2.70. The quantitative estimate of drug-likeness (QED) is 0.653. The van der Waals surface area contributed by atoms with E-state index in [9.17, 15) is 0 Å². The van der Waals surface area contributed by atoms with E-state index in [4.69, 9.17) is 8.85 Å². The van der Waals surface area contributed by atoms with Gasteiger partial charge in [0.15, 0.2) is 16.6 Å². The molecule has 116 valence electrons. The van der Waals surface area contributed by atoms with E-state index >= 15 is 0 Å². The van der Waals surface area contributed by atoms with E-state index < -0.39 is 32.8 Å². The smallest absolute Gasteiger partial charge is 0.186 e. The number of hydrogen-bond acceptors (Lipinski definition) is 2. The Hall–Kier alpha value is 0.788. The summed E-state index contributed by atoms with van der Waals surface area (Å²) in [5.74, 6) is 0. The molecule has 0 saturated heterocycles. The Morgan fingerprint density at radius 3 is 0.842 bits per heavy atom. The van der Waals surface area contributed by atoms with Gasteiger partial charge in [0.1, 0.15) is 0 Å². The molecule has 0 aliphatic heterocycles. The molecule has 0 aromatic heterocycles. The highest BCUT2D eigenvalue weighted by Crippen LogP contribution is 2.59. The van der Waals surface area contributed by atoms with Crippen molar-refractivity contribution in [3.63, 3.8) is 0 Å². The lowest BCUT2D eigenvalue weighted by Crippen LogP contribution is -2.77. The lowest BCUT2D eigenvalue weighted by atomic mass is 11.6. The fourth-order valence-corrected chi connectivity index (χ4v) is 51.9. The Balaban J connectivity index is 6.59. The van der Waals surface area contributed by atoms with Gasteiger partial charge in [-0.25, -0.2) is 0 Å². The Kier molecular flexibility index (Phi) is 5.76. The first-order valence-electron chi connectivity index (χ1n) is 7.22. The summed E-state index contributed by atoms with van der Waals surface area (Å²) in [6, 6.07) is 0. The minimum Gasteiger partial charge on any atom is -0.421 e. The van der Waals surface area contributed by atoms with Crippen molar-refractivity contribution in [1.29, 1.82) is 0 Å². The molecule has 19 heavy (non-hydrogen) atoms. The first-order valence-corrected chi connectivity index (χ1v) is 20.0. The molecule has 0 fully saturated rings. The molecule has 6 heteroatoms. The van der Waals surface area contributed by atoms with Crippen LogP contribution in [0.2, 0.25) is 69.4 Å². The van der Waals surface area contributed by atoms with Gasteiger partial charge >= 0.3 is 0 Å². The molecule has 0 aliphatic carbocycles. The van der Waals surface area contributed by atoms with Crippen LogP contribution in [0.4, 0.5) is 0 Å². The zero-order valence-corrected chi connectivity index (χ0v) is 19.3. The molecule has 0 amide bonds. The van der Waals surface area contributed by atoms with Crippen LogP contribution in [0.15, 0.2) is 0 Å².